The second-order valence-corrected chi connectivity index (χ2v) is 8.70. The van der Waals surface area contributed by atoms with Gasteiger partial charge in [0.2, 0.25) is 11.0 Å². The first-order valence-electron chi connectivity index (χ1n) is 9.49. The zero-order valence-corrected chi connectivity index (χ0v) is 17.8. The van der Waals surface area contributed by atoms with E-state index >= 15 is 0 Å². The Kier molecular flexibility index (Phi) is 5.41. The van der Waals surface area contributed by atoms with E-state index < -0.39 is 21.6 Å². The number of halogens is 3. The summed E-state index contributed by atoms with van der Waals surface area (Å²) < 4.78 is 67.0. The van der Waals surface area contributed by atoms with Crippen LogP contribution in [-0.4, -0.2) is 26.2 Å². The molecule has 33 heavy (non-hydrogen) atoms. The third-order valence-electron chi connectivity index (χ3n) is 5.21. The van der Waals surface area contributed by atoms with Crippen LogP contribution in [0.2, 0.25) is 0 Å². The minimum atomic E-state index is -6.15. The molecular weight excluding hydrogens is 459 g/mol. The van der Waals surface area contributed by atoms with Crippen LogP contribution in [0.5, 0.6) is 0 Å². The number of pyridine rings is 1. The largest absolute Gasteiger partial charge is 0.534 e. The lowest BCUT2D eigenvalue weighted by Gasteiger charge is -2.14. The zero-order valence-electron chi connectivity index (χ0n) is 17.0. The number of aldehydes is 1. The molecule has 0 spiro atoms. The molecule has 0 saturated heterocycles. The number of hydrogen-bond acceptors (Lipinski definition) is 5. The van der Waals surface area contributed by atoms with Gasteiger partial charge in [0, 0.05) is 23.3 Å². The fourth-order valence-electron chi connectivity index (χ4n) is 3.71. The minimum absolute atomic E-state index is 0.208. The molecule has 0 radical (unpaired) electrons. The Morgan fingerprint density at radius 3 is 2.21 bits per heavy atom. The molecule has 4 aromatic rings. The summed E-state index contributed by atoms with van der Waals surface area (Å²) in [7, 11) is -4.43. The van der Waals surface area contributed by atoms with E-state index in [4.69, 9.17) is 0 Å². The Bertz CT molecular complexity index is 1530. The molecule has 0 saturated carbocycles. The molecule has 0 N–H and O–H groups in total. The highest BCUT2D eigenvalue weighted by molar-refractivity contribution is 7.88. The lowest BCUT2D eigenvalue weighted by molar-refractivity contribution is -0.617. The quantitative estimate of drug-likeness (QED) is 0.145. The van der Waals surface area contributed by atoms with Gasteiger partial charge < -0.3 is 4.18 Å². The van der Waals surface area contributed by atoms with E-state index in [2.05, 4.69) is 4.18 Å². The van der Waals surface area contributed by atoms with Gasteiger partial charge in [0.1, 0.15) is 13.3 Å². The van der Waals surface area contributed by atoms with Gasteiger partial charge in [-0.3, -0.25) is 4.79 Å². The van der Waals surface area contributed by atoms with E-state index in [1.165, 1.54) is 12.1 Å². The second kappa shape index (κ2) is 7.96. The van der Waals surface area contributed by atoms with Crippen molar-refractivity contribution < 1.29 is 39.9 Å². The number of para-hydroxylation sites is 1. The maximum absolute atomic E-state index is 12.8. The van der Waals surface area contributed by atoms with E-state index in [1.807, 2.05) is 6.07 Å². The van der Waals surface area contributed by atoms with Gasteiger partial charge in [-0.15, -0.1) is 0 Å². The van der Waals surface area contributed by atoms with Gasteiger partial charge in [0.05, 0.1) is 16.3 Å². The lowest BCUT2D eigenvalue weighted by atomic mass is 9.92. The predicted octanol–water partition coefficient (Wildman–Crippen LogP) is 4.30. The molecule has 0 amide bonds. The van der Waals surface area contributed by atoms with Gasteiger partial charge in [-0.25, -0.2) is 4.79 Å². The molecule has 0 fully saturated rings. The third-order valence-corrected chi connectivity index (χ3v) is 6.15. The van der Waals surface area contributed by atoms with Gasteiger partial charge in [-0.05, 0) is 17.7 Å². The first kappa shape index (κ1) is 22.4. The minimum Gasteiger partial charge on any atom is -0.335 e. The number of hydrogen-bond donors (Lipinski definition) is 0. The normalized spacial score (nSPS) is 12.1. The topological polar surface area (TPSA) is 81.4 Å². The number of benzene rings is 3. The monoisotopic (exact) mass is 474 g/mol. The third kappa shape index (κ3) is 3.82. The summed E-state index contributed by atoms with van der Waals surface area (Å²) in [6.45, 7) is 0. The Morgan fingerprint density at radius 2 is 1.58 bits per heavy atom. The van der Waals surface area contributed by atoms with Gasteiger partial charge >= 0.3 is 21.6 Å². The number of nitrogens with zero attached hydrogens (tertiary/aromatic N) is 1. The molecule has 0 aliphatic heterocycles. The Hall–Kier alpha value is -3.79. The lowest BCUT2D eigenvalue weighted by Crippen LogP contribution is -2.31. The maximum atomic E-state index is 12.8. The van der Waals surface area contributed by atoms with E-state index in [0.717, 1.165) is 5.52 Å². The highest BCUT2D eigenvalue weighted by Crippen LogP contribution is 2.36. The van der Waals surface area contributed by atoms with Gasteiger partial charge in [0.25, 0.3) is 0 Å². The molecule has 1 aromatic heterocycles. The van der Waals surface area contributed by atoms with Crippen molar-refractivity contribution in [2.45, 2.75) is 5.51 Å². The molecule has 168 valence electrons. The highest BCUT2D eigenvalue weighted by Gasteiger charge is 2.50. The van der Waals surface area contributed by atoms with Crippen LogP contribution in [0.15, 0.2) is 66.7 Å². The van der Waals surface area contributed by atoms with Crippen LogP contribution in [0, 0.1) is 0 Å². The van der Waals surface area contributed by atoms with Crippen LogP contribution >= 0.6 is 0 Å². The SMILES string of the molecule is C[n+]1c2ccccc2c(-c2ccc(C=O)cc2)c2c(C(=O)OS(=O)(=O)C(F)(F)F)cccc21. The number of carbonyl (C=O) groups excluding carboxylic acids is 2. The maximum Gasteiger partial charge on any atom is 0.534 e. The summed E-state index contributed by atoms with van der Waals surface area (Å²) in [6.07, 6.45) is 0.662. The van der Waals surface area contributed by atoms with Crippen molar-refractivity contribution in [3.8, 4) is 11.1 Å². The second-order valence-electron chi connectivity index (χ2n) is 7.16. The van der Waals surface area contributed by atoms with Crippen LogP contribution in [0.1, 0.15) is 20.7 Å². The zero-order chi connectivity index (χ0) is 24.0. The summed E-state index contributed by atoms with van der Waals surface area (Å²) in [6, 6.07) is 17.8. The average molecular weight is 474 g/mol. The number of aryl methyl sites for hydroxylation is 1. The van der Waals surface area contributed by atoms with Crippen LogP contribution in [-0.2, 0) is 21.3 Å². The van der Waals surface area contributed by atoms with Crippen LogP contribution < -0.4 is 4.57 Å². The number of rotatable bonds is 4. The Balaban J connectivity index is 2.08. The molecule has 0 aliphatic carbocycles. The van der Waals surface area contributed by atoms with Crippen LogP contribution in [0.25, 0.3) is 32.9 Å². The summed E-state index contributed by atoms with van der Waals surface area (Å²) >= 11 is 0. The molecule has 0 bridgehead atoms. The van der Waals surface area contributed by atoms with Crippen molar-refractivity contribution in [3.63, 3.8) is 0 Å². The summed E-state index contributed by atoms with van der Waals surface area (Å²) in [5.74, 6) is -1.65. The van der Waals surface area contributed by atoms with Crippen molar-refractivity contribution in [1.29, 1.82) is 0 Å². The molecule has 1 heterocycles. The summed E-state index contributed by atoms with van der Waals surface area (Å²) in [4.78, 5) is 23.8. The van der Waals surface area contributed by atoms with Crippen molar-refractivity contribution >= 4 is 44.2 Å². The molecule has 0 atom stereocenters. The average Bonchev–Trinajstić information content (AvgIpc) is 2.78. The number of fused-ring (bicyclic) bond motifs is 2. The van der Waals surface area contributed by atoms with E-state index in [9.17, 15) is 31.2 Å². The van der Waals surface area contributed by atoms with Crippen molar-refractivity contribution in [1.82, 2.24) is 0 Å². The Morgan fingerprint density at radius 1 is 0.939 bits per heavy atom. The first-order valence-corrected chi connectivity index (χ1v) is 10.9. The van der Waals surface area contributed by atoms with Gasteiger partial charge in [-0.1, -0.05) is 42.5 Å². The number of alkyl halides is 3. The molecule has 0 unspecified atom stereocenters. The predicted molar refractivity (Wildman–Crippen MR) is 114 cm³/mol. The molecular formula is C23H15F3NO5S+. The van der Waals surface area contributed by atoms with E-state index in [0.29, 0.717) is 33.9 Å². The van der Waals surface area contributed by atoms with Crippen molar-refractivity contribution in [2.75, 3.05) is 0 Å². The smallest absolute Gasteiger partial charge is 0.335 e. The van der Waals surface area contributed by atoms with Gasteiger partial charge in [-0.2, -0.15) is 26.2 Å². The van der Waals surface area contributed by atoms with Gasteiger partial charge in [0.15, 0.2) is 0 Å². The van der Waals surface area contributed by atoms with Crippen LogP contribution in [0.3, 0.4) is 0 Å². The van der Waals surface area contributed by atoms with Crippen LogP contribution in [0.4, 0.5) is 13.2 Å². The fraction of sp³-hybridized carbons (Fsp3) is 0.0870. The van der Waals surface area contributed by atoms with E-state index in [-0.39, 0.29) is 10.9 Å². The number of aromatic nitrogens is 1. The Labute approximate surface area is 186 Å². The number of carbonyl (C=O) groups is 2. The molecule has 10 heteroatoms. The molecule has 0 aliphatic rings. The molecule has 6 nitrogen and oxygen atoms in total. The van der Waals surface area contributed by atoms with E-state index in [1.54, 1.807) is 60.1 Å². The molecule has 4 rings (SSSR count). The van der Waals surface area contributed by atoms with Crippen molar-refractivity contribution in [2.24, 2.45) is 7.05 Å². The summed E-state index contributed by atoms with van der Waals surface area (Å²) in [5.41, 5.74) is -3.43. The van der Waals surface area contributed by atoms with Crippen molar-refractivity contribution in [3.05, 3.63) is 77.9 Å². The summed E-state index contributed by atoms with van der Waals surface area (Å²) in [5, 5.41) is 0.866. The standard InChI is InChI=1S/C23H15F3NO5S/c1-27-18-7-3-2-5-16(18)20(15-11-9-14(13-28)10-12-15)21-17(6-4-8-19(21)27)22(29)32-33(30,31)23(24,25)26/h2-13H,1H3/q+1. The first-order chi connectivity index (χ1) is 15.5. The fourth-order valence-corrected chi connectivity index (χ4v) is 4.10. The molecule has 3 aromatic carbocycles. The highest BCUT2D eigenvalue weighted by atomic mass is 32.2.